The number of benzene rings is 2. The summed E-state index contributed by atoms with van der Waals surface area (Å²) in [6, 6.07) is 14.2. The molecule has 1 N–H and O–H groups in total. The predicted octanol–water partition coefficient (Wildman–Crippen LogP) is 3.53. The van der Waals surface area contributed by atoms with Crippen molar-refractivity contribution in [2.24, 2.45) is 0 Å². The van der Waals surface area contributed by atoms with E-state index < -0.39 is 4.92 Å². The van der Waals surface area contributed by atoms with Gasteiger partial charge in [0.2, 0.25) is 5.91 Å². The van der Waals surface area contributed by atoms with Gasteiger partial charge < -0.3 is 15.1 Å². The summed E-state index contributed by atoms with van der Waals surface area (Å²) >= 11 is 0. The number of rotatable bonds is 7. The zero-order valence-corrected chi connectivity index (χ0v) is 17.9. The number of hydrogen-bond donors (Lipinski definition) is 1. The summed E-state index contributed by atoms with van der Waals surface area (Å²) in [4.78, 5) is 39.3. The van der Waals surface area contributed by atoms with Crippen LogP contribution in [-0.4, -0.2) is 47.8 Å². The van der Waals surface area contributed by atoms with Crippen molar-refractivity contribution < 1.29 is 14.5 Å². The van der Waals surface area contributed by atoms with E-state index in [1.807, 2.05) is 42.2 Å². The molecule has 0 radical (unpaired) electrons. The second-order valence-corrected chi connectivity index (χ2v) is 7.68. The minimum absolute atomic E-state index is 0.00113. The lowest BCUT2D eigenvalue weighted by Crippen LogP contribution is -2.48. The number of nitro groups is 1. The van der Waals surface area contributed by atoms with Gasteiger partial charge in [0, 0.05) is 44.7 Å². The number of nitrogens with one attached hydrogen (secondary N) is 1. The molecule has 31 heavy (non-hydrogen) atoms. The number of carbonyl (C=O) groups excluding carboxylic acids is 2. The standard InChI is InChI=1S/C23H28N4O4/c1-3-7-20(18-8-5-4-6-9-18)24-23(29)19-10-11-21(22(16-19)27(30)31)26-14-12-25(13-15-26)17(2)28/h4-6,8-11,16,20H,3,7,12-15H2,1-2H3,(H,24,29)/t20-/m0/s1. The lowest BCUT2D eigenvalue weighted by Gasteiger charge is -2.35. The molecule has 3 rings (SSSR count). The van der Waals surface area contributed by atoms with Crippen LogP contribution in [-0.2, 0) is 4.79 Å². The maximum atomic E-state index is 12.9. The van der Waals surface area contributed by atoms with Crippen LogP contribution in [0.1, 0.15) is 48.7 Å². The number of nitro benzene ring substituents is 1. The van der Waals surface area contributed by atoms with E-state index in [9.17, 15) is 19.7 Å². The highest BCUT2D eigenvalue weighted by atomic mass is 16.6. The fraction of sp³-hybridized carbons (Fsp3) is 0.391. The summed E-state index contributed by atoms with van der Waals surface area (Å²) in [5, 5.41) is 14.8. The van der Waals surface area contributed by atoms with Crippen molar-refractivity contribution in [2.75, 3.05) is 31.1 Å². The highest BCUT2D eigenvalue weighted by molar-refractivity contribution is 5.96. The van der Waals surface area contributed by atoms with Crippen LogP contribution in [0.25, 0.3) is 0 Å². The number of hydrogen-bond acceptors (Lipinski definition) is 5. The molecular weight excluding hydrogens is 396 g/mol. The van der Waals surface area contributed by atoms with E-state index in [0.29, 0.717) is 31.9 Å². The Morgan fingerprint density at radius 1 is 1.10 bits per heavy atom. The van der Waals surface area contributed by atoms with Crippen molar-refractivity contribution in [3.8, 4) is 0 Å². The van der Waals surface area contributed by atoms with Gasteiger partial charge in [-0.15, -0.1) is 0 Å². The Hall–Kier alpha value is -3.42. The average Bonchev–Trinajstić information content (AvgIpc) is 2.79. The Labute approximate surface area is 182 Å². The lowest BCUT2D eigenvalue weighted by molar-refractivity contribution is -0.384. The van der Waals surface area contributed by atoms with Gasteiger partial charge in [0.1, 0.15) is 5.69 Å². The summed E-state index contributed by atoms with van der Waals surface area (Å²) < 4.78 is 0. The van der Waals surface area contributed by atoms with Crippen molar-refractivity contribution >= 4 is 23.2 Å². The number of piperazine rings is 1. The Morgan fingerprint density at radius 2 is 1.77 bits per heavy atom. The predicted molar refractivity (Wildman–Crippen MR) is 119 cm³/mol. The number of carbonyl (C=O) groups is 2. The Bertz CT molecular complexity index is 940. The average molecular weight is 425 g/mol. The zero-order valence-electron chi connectivity index (χ0n) is 17.9. The Balaban J connectivity index is 1.79. The monoisotopic (exact) mass is 424 g/mol. The molecular formula is C23H28N4O4. The van der Waals surface area contributed by atoms with E-state index in [1.165, 1.54) is 13.0 Å². The molecule has 2 amide bonds. The Kier molecular flexibility index (Phi) is 7.23. The van der Waals surface area contributed by atoms with E-state index in [1.54, 1.807) is 17.0 Å². The van der Waals surface area contributed by atoms with Crippen LogP contribution in [0.15, 0.2) is 48.5 Å². The molecule has 2 aromatic carbocycles. The second kappa shape index (κ2) is 10.1. The summed E-state index contributed by atoms with van der Waals surface area (Å²) in [5.74, 6) is -0.334. The molecule has 0 aromatic heterocycles. The van der Waals surface area contributed by atoms with Crippen molar-refractivity contribution in [1.82, 2.24) is 10.2 Å². The van der Waals surface area contributed by atoms with Crippen molar-refractivity contribution in [3.63, 3.8) is 0 Å². The highest BCUT2D eigenvalue weighted by Crippen LogP contribution is 2.30. The van der Waals surface area contributed by atoms with Crippen LogP contribution < -0.4 is 10.2 Å². The molecule has 8 nitrogen and oxygen atoms in total. The first kappa shape index (κ1) is 22.3. The third-order valence-corrected chi connectivity index (χ3v) is 5.58. The van der Waals surface area contributed by atoms with Crippen LogP contribution in [0.2, 0.25) is 0 Å². The lowest BCUT2D eigenvalue weighted by atomic mass is 10.0. The van der Waals surface area contributed by atoms with Crippen molar-refractivity contribution in [1.29, 1.82) is 0 Å². The van der Waals surface area contributed by atoms with E-state index in [4.69, 9.17) is 0 Å². The molecule has 0 unspecified atom stereocenters. The van der Waals surface area contributed by atoms with Crippen LogP contribution in [0, 0.1) is 10.1 Å². The van der Waals surface area contributed by atoms with Gasteiger partial charge in [0.05, 0.1) is 11.0 Å². The molecule has 0 aliphatic carbocycles. The molecule has 1 atom stereocenters. The number of amides is 2. The van der Waals surface area contributed by atoms with Gasteiger partial charge in [-0.2, -0.15) is 0 Å². The molecule has 2 aromatic rings. The van der Waals surface area contributed by atoms with Gasteiger partial charge in [0.15, 0.2) is 0 Å². The van der Waals surface area contributed by atoms with Gasteiger partial charge >= 0.3 is 0 Å². The van der Waals surface area contributed by atoms with Gasteiger partial charge in [-0.1, -0.05) is 43.7 Å². The molecule has 1 fully saturated rings. The first-order chi connectivity index (χ1) is 14.9. The summed E-state index contributed by atoms with van der Waals surface area (Å²) in [6.45, 7) is 5.63. The maximum absolute atomic E-state index is 12.9. The van der Waals surface area contributed by atoms with Crippen LogP contribution in [0.4, 0.5) is 11.4 Å². The fourth-order valence-electron chi connectivity index (χ4n) is 3.88. The first-order valence-electron chi connectivity index (χ1n) is 10.6. The van der Waals surface area contributed by atoms with Crippen LogP contribution >= 0.6 is 0 Å². The van der Waals surface area contributed by atoms with Crippen LogP contribution in [0.3, 0.4) is 0 Å². The third kappa shape index (κ3) is 5.39. The molecule has 8 heteroatoms. The summed E-state index contributed by atoms with van der Waals surface area (Å²) in [7, 11) is 0. The minimum Gasteiger partial charge on any atom is -0.362 e. The van der Waals surface area contributed by atoms with Gasteiger partial charge in [0.25, 0.3) is 11.6 Å². The largest absolute Gasteiger partial charge is 0.362 e. The highest BCUT2D eigenvalue weighted by Gasteiger charge is 2.26. The molecule has 1 aliphatic rings. The zero-order chi connectivity index (χ0) is 22.4. The maximum Gasteiger partial charge on any atom is 0.293 e. The smallest absolute Gasteiger partial charge is 0.293 e. The van der Waals surface area contributed by atoms with Crippen LogP contribution in [0.5, 0.6) is 0 Å². The van der Waals surface area contributed by atoms with Gasteiger partial charge in [-0.05, 0) is 24.1 Å². The summed E-state index contributed by atoms with van der Waals surface area (Å²) in [5.41, 5.74) is 1.63. The minimum atomic E-state index is -0.454. The molecule has 1 aliphatic heterocycles. The van der Waals surface area contributed by atoms with Crippen molar-refractivity contribution in [2.45, 2.75) is 32.7 Å². The molecule has 1 heterocycles. The fourth-order valence-corrected chi connectivity index (χ4v) is 3.88. The molecule has 0 spiro atoms. The molecule has 164 valence electrons. The van der Waals surface area contributed by atoms with E-state index in [2.05, 4.69) is 5.32 Å². The summed E-state index contributed by atoms with van der Waals surface area (Å²) in [6.07, 6.45) is 1.67. The van der Waals surface area contributed by atoms with Gasteiger partial charge in [-0.25, -0.2) is 0 Å². The topological polar surface area (TPSA) is 95.8 Å². The third-order valence-electron chi connectivity index (χ3n) is 5.58. The van der Waals surface area contributed by atoms with E-state index in [0.717, 1.165) is 18.4 Å². The Morgan fingerprint density at radius 3 is 2.35 bits per heavy atom. The normalized spacial score (nSPS) is 14.8. The quantitative estimate of drug-likeness (QED) is 0.542. The SMILES string of the molecule is CCC[C@H](NC(=O)c1ccc(N2CCN(C(C)=O)CC2)c([N+](=O)[O-])c1)c1ccccc1. The van der Waals surface area contributed by atoms with E-state index in [-0.39, 0.29) is 29.1 Å². The first-order valence-corrected chi connectivity index (χ1v) is 10.6. The van der Waals surface area contributed by atoms with E-state index >= 15 is 0 Å². The number of nitrogens with zero attached hydrogens (tertiary/aromatic N) is 3. The van der Waals surface area contributed by atoms with Crippen molar-refractivity contribution in [3.05, 3.63) is 69.8 Å². The molecule has 0 saturated carbocycles. The molecule has 1 saturated heterocycles. The number of anilines is 1. The molecule has 0 bridgehead atoms. The second-order valence-electron chi connectivity index (χ2n) is 7.68. The van der Waals surface area contributed by atoms with Gasteiger partial charge in [-0.3, -0.25) is 19.7 Å².